The number of unbranched alkanes of at least 4 members (excludes halogenated alkanes) is 1. The summed E-state index contributed by atoms with van der Waals surface area (Å²) in [5.74, 6) is 0. The van der Waals surface area contributed by atoms with Crippen molar-refractivity contribution in [2.75, 3.05) is 13.2 Å². The number of benzene rings is 1. The maximum atomic E-state index is 8.81. The summed E-state index contributed by atoms with van der Waals surface area (Å²) in [6, 6.07) is 8.00. The van der Waals surface area contributed by atoms with Gasteiger partial charge in [0.15, 0.2) is 0 Å². The summed E-state index contributed by atoms with van der Waals surface area (Å²) in [5, 5.41) is 12.2. The van der Waals surface area contributed by atoms with Gasteiger partial charge in [-0.3, -0.25) is 0 Å². The van der Waals surface area contributed by atoms with Crippen LogP contribution in [0, 0.1) is 18.3 Å². The number of rotatable bonds is 8. The molecule has 3 heteroatoms. The summed E-state index contributed by atoms with van der Waals surface area (Å²) in [6.45, 7) is 8.88. The van der Waals surface area contributed by atoms with Gasteiger partial charge in [-0.1, -0.05) is 6.07 Å². The van der Waals surface area contributed by atoms with E-state index in [4.69, 9.17) is 10.00 Å². The van der Waals surface area contributed by atoms with Crippen LogP contribution in [0.4, 0.5) is 0 Å². The zero-order valence-electron chi connectivity index (χ0n) is 12.2. The van der Waals surface area contributed by atoms with Gasteiger partial charge in [-0.15, -0.1) is 0 Å². The van der Waals surface area contributed by atoms with Crippen LogP contribution in [0.5, 0.6) is 0 Å². The number of hydrogen-bond acceptors (Lipinski definition) is 3. The van der Waals surface area contributed by atoms with E-state index in [0.717, 1.165) is 38.1 Å². The molecule has 0 unspecified atom stereocenters. The quantitative estimate of drug-likeness (QED) is 0.730. The molecule has 0 saturated carbocycles. The lowest BCUT2D eigenvalue weighted by atomic mass is 10.1. The Labute approximate surface area is 116 Å². The van der Waals surface area contributed by atoms with E-state index in [2.05, 4.69) is 25.2 Å². The van der Waals surface area contributed by atoms with Crippen molar-refractivity contribution in [2.45, 2.75) is 46.3 Å². The molecule has 1 rings (SSSR count). The van der Waals surface area contributed by atoms with E-state index < -0.39 is 0 Å². The van der Waals surface area contributed by atoms with Crippen LogP contribution in [0.1, 0.15) is 43.4 Å². The highest BCUT2D eigenvalue weighted by Crippen LogP contribution is 2.10. The summed E-state index contributed by atoms with van der Waals surface area (Å²) in [7, 11) is 0. The first kappa shape index (κ1) is 15.7. The lowest BCUT2D eigenvalue weighted by molar-refractivity contribution is 0.0760. The molecule has 0 aliphatic carbocycles. The Bertz CT molecular complexity index is 421. The minimum atomic E-state index is 0.328. The predicted molar refractivity (Wildman–Crippen MR) is 77.9 cm³/mol. The smallest absolute Gasteiger partial charge is 0.0991 e. The summed E-state index contributed by atoms with van der Waals surface area (Å²) >= 11 is 0. The average Bonchev–Trinajstić information content (AvgIpc) is 2.38. The molecule has 0 atom stereocenters. The van der Waals surface area contributed by atoms with Gasteiger partial charge < -0.3 is 10.1 Å². The van der Waals surface area contributed by atoms with Crippen LogP contribution < -0.4 is 5.32 Å². The number of nitriles is 1. The standard InChI is InChI=1S/C16H24N2O/c1-13(2)19-9-5-4-8-18-12-16-7-6-15(11-17)10-14(16)3/h6-7,10,13,18H,4-5,8-9,12H2,1-3H3. The van der Waals surface area contributed by atoms with Crippen molar-refractivity contribution in [3.8, 4) is 6.07 Å². The van der Waals surface area contributed by atoms with Crippen LogP contribution in [-0.4, -0.2) is 19.3 Å². The molecule has 0 bridgehead atoms. The second kappa shape index (κ2) is 8.68. The summed E-state index contributed by atoms with van der Waals surface area (Å²) in [4.78, 5) is 0. The average molecular weight is 260 g/mol. The number of nitrogens with one attached hydrogen (secondary N) is 1. The van der Waals surface area contributed by atoms with Crippen LogP contribution >= 0.6 is 0 Å². The molecular formula is C16H24N2O. The Morgan fingerprint density at radius 2 is 2.11 bits per heavy atom. The molecule has 19 heavy (non-hydrogen) atoms. The van der Waals surface area contributed by atoms with Crippen LogP contribution in [0.15, 0.2) is 18.2 Å². The molecule has 1 aromatic carbocycles. The third-order valence-electron chi connectivity index (χ3n) is 2.99. The van der Waals surface area contributed by atoms with E-state index in [-0.39, 0.29) is 0 Å². The van der Waals surface area contributed by atoms with Gasteiger partial charge in [-0.2, -0.15) is 5.26 Å². The first-order valence-electron chi connectivity index (χ1n) is 6.95. The Morgan fingerprint density at radius 1 is 1.32 bits per heavy atom. The SMILES string of the molecule is Cc1cc(C#N)ccc1CNCCCCOC(C)C. The Kier molecular flexibility index (Phi) is 7.17. The fraction of sp³-hybridized carbons (Fsp3) is 0.562. The molecule has 0 saturated heterocycles. The lowest BCUT2D eigenvalue weighted by Gasteiger charge is -2.09. The van der Waals surface area contributed by atoms with Crippen molar-refractivity contribution in [2.24, 2.45) is 0 Å². The van der Waals surface area contributed by atoms with Crippen LogP contribution in [-0.2, 0) is 11.3 Å². The Balaban J connectivity index is 2.18. The van der Waals surface area contributed by atoms with E-state index in [1.807, 2.05) is 25.1 Å². The molecule has 0 aliphatic heterocycles. The molecule has 0 amide bonds. The first-order chi connectivity index (χ1) is 9.13. The maximum absolute atomic E-state index is 8.81. The molecule has 0 aliphatic rings. The Morgan fingerprint density at radius 3 is 2.74 bits per heavy atom. The molecule has 0 fully saturated rings. The monoisotopic (exact) mass is 260 g/mol. The summed E-state index contributed by atoms with van der Waals surface area (Å²) in [5.41, 5.74) is 3.17. The molecular weight excluding hydrogens is 236 g/mol. The minimum absolute atomic E-state index is 0.328. The number of aryl methyl sites for hydroxylation is 1. The molecule has 1 N–H and O–H groups in total. The van der Waals surface area contributed by atoms with E-state index in [1.54, 1.807) is 0 Å². The van der Waals surface area contributed by atoms with E-state index in [1.165, 1.54) is 11.1 Å². The third kappa shape index (κ3) is 6.37. The first-order valence-corrected chi connectivity index (χ1v) is 6.95. The molecule has 104 valence electrons. The van der Waals surface area contributed by atoms with Crippen molar-refractivity contribution < 1.29 is 4.74 Å². The topological polar surface area (TPSA) is 45.0 Å². The van der Waals surface area contributed by atoms with E-state index >= 15 is 0 Å². The zero-order chi connectivity index (χ0) is 14.1. The van der Waals surface area contributed by atoms with E-state index in [9.17, 15) is 0 Å². The van der Waals surface area contributed by atoms with Crippen LogP contribution in [0.2, 0.25) is 0 Å². The van der Waals surface area contributed by atoms with Crippen molar-refractivity contribution in [1.82, 2.24) is 5.32 Å². The van der Waals surface area contributed by atoms with Gasteiger partial charge in [0, 0.05) is 13.2 Å². The van der Waals surface area contributed by atoms with Crippen LogP contribution in [0.25, 0.3) is 0 Å². The number of nitrogens with zero attached hydrogens (tertiary/aromatic N) is 1. The van der Waals surface area contributed by atoms with Crippen molar-refractivity contribution in [1.29, 1.82) is 5.26 Å². The van der Waals surface area contributed by atoms with Gasteiger partial charge >= 0.3 is 0 Å². The fourth-order valence-corrected chi connectivity index (χ4v) is 1.86. The molecule has 1 aromatic rings. The number of hydrogen-bond donors (Lipinski definition) is 1. The highest BCUT2D eigenvalue weighted by atomic mass is 16.5. The highest BCUT2D eigenvalue weighted by molar-refractivity contribution is 5.37. The van der Waals surface area contributed by atoms with Crippen molar-refractivity contribution in [3.63, 3.8) is 0 Å². The van der Waals surface area contributed by atoms with Crippen molar-refractivity contribution >= 4 is 0 Å². The largest absolute Gasteiger partial charge is 0.379 e. The van der Waals surface area contributed by atoms with Gasteiger partial charge in [0.1, 0.15) is 0 Å². The van der Waals surface area contributed by atoms with Crippen molar-refractivity contribution in [3.05, 3.63) is 34.9 Å². The molecule has 0 heterocycles. The lowest BCUT2D eigenvalue weighted by Crippen LogP contribution is -2.16. The third-order valence-corrected chi connectivity index (χ3v) is 2.99. The normalized spacial score (nSPS) is 10.7. The van der Waals surface area contributed by atoms with Gasteiger partial charge in [0.25, 0.3) is 0 Å². The maximum Gasteiger partial charge on any atom is 0.0991 e. The highest BCUT2D eigenvalue weighted by Gasteiger charge is 1.99. The zero-order valence-corrected chi connectivity index (χ0v) is 12.2. The minimum Gasteiger partial charge on any atom is -0.379 e. The van der Waals surface area contributed by atoms with Gasteiger partial charge in [0.2, 0.25) is 0 Å². The second-order valence-corrected chi connectivity index (χ2v) is 5.06. The van der Waals surface area contributed by atoms with Crippen LogP contribution in [0.3, 0.4) is 0 Å². The molecule has 0 aromatic heterocycles. The summed E-state index contributed by atoms with van der Waals surface area (Å²) < 4.78 is 5.49. The number of ether oxygens (including phenoxy) is 1. The Hall–Kier alpha value is -1.37. The summed E-state index contributed by atoms with van der Waals surface area (Å²) in [6.07, 6.45) is 2.55. The van der Waals surface area contributed by atoms with Gasteiger partial charge in [0.05, 0.1) is 17.7 Å². The second-order valence-electron chi connectivity index (χ2n) is 5.06. The van der Waals surface area contributed by atoms with E-state index in [0.29, 0.717) is 6.10 Å². The van der Waals surface area contributed by atoms with Gasteiger partial charge in [-0.25, -0.2) is 0 Å². The molecule has 0 radical (unpaired) electrons. The fourth-order valence-electron chi connectivity index (χ4n) is 1.86. The van der Waals surface area contributed by atoms with Gasteiger partial charge in [-0.05, 0) is 63.4 Å². The predicted octanol–water partition coefficient (Wildman–Crippen LogP) is 3.16. The molecule has 3 nitrogen and oxygen atoms in total. The molecule has 0 spiro atoms.